The fourth-order valence-electron chi connectivity index (χ4n) is 3.59. The van der Waals surface area contributed by atoms with Crippen molar-refractivity contribution in [1.82, 2.24) is 10.2 Å². The minimum Gasteiger partial charge on any atom is -0.482 e. The molecule has 0 aliphatic heterocycles. The third kappa shape index (κ3) is 7.55. The molecule has 3 aromatic rings. The topological polar surface area (TPSA) is 58.6 Å². The maximum absolute atomic E-state index is 14.6. The number of carbonyl (C=O) groups excluding carboxylic acids is 2. The highest BCUT2D eigenvalue weighted by Crippen LogP contribution is 2.24. The first-order valence-electron chi connectivity index (χ1n) is 11.6. The first-order chi connectivity index (χ1) is 16.9. The van der Waals surface area contributed by atoms with E-state index >= 15 is 0 Å². The van der Waals surface area contributed by atoms with Gasteiger partial charge in [0, 0.05) is 24.6 Å². The van der Waals surface area contributed by atoms with Crippen molar-refractivity contribution in [1.29, 1.82) is 0 Å². The molecule has 5 nitrogen and oxygen atoms in total. The summed E-state index contributed by atoms with van der Waals surface area (Å²) >= 11 is 6.17. The molecule has 0 saturated carbocycles. The molecule has 184 valence electrons. The van der Waals surface area contributed by atoms with Gasteiger partial charge in [-0.05, 0) is 37.1 Å². The quantitative estimate of drug-likeness (QED) is 0.386. The molecule has 0 fully saturated rings. The summed E-state index contributed by atoms with van der Waals surface area (Å²) in [6, 6.07) is 21.6. The highest BCUT2D eigenvalue weighted by atomic mass is 35.5. The van der Waals surface area contributed by atoms with E-state index in [-0.39, 0.29) is 31.5 Å². The molecule has 0 unspecified atom stereocenters. The molecule has 0 bridgehead atoms. The molecule has 0 radical (unpaired) electrons. The zero-order valence-corrected chi connectivity index (χ0v) is 20.7. The molecule has 2 atom stereocenters. The number of benzene rings is 3. The Hall–Kier alpha value is -3.38. The number of hydrogen-bond acceptors (Lipinski definition) is 3. The van der Waals surface area contributed by atoms with Crippen molar-refractivity contribution in [2.75, 3.05) is 6.61 Å². The minimum atomic E-state index is -0.867. The van der Waals surface area contributed by atoms with Crippen molar-refractivity contribution < 1.29 is 18.7 Å². The van der Waals surface area contributed by atoms with E-state index in [1.807, 2.05) is 44.2 Å². The zero-order valence-electron chi connectivity index (χ0n) is 19.9. The van der Waals surface area contributed by atoms with Crippen LogP contribution in [0.25, 0.3) is 0 Å². The number of rotatable bonds is 11. The Bertz CT molecular complexity index is 1130. The van der Waals surface area contributed by atoms with Gasteiger partial charge < -0.3 is 15.0 Å². The van der Waals surface area contributed by atoms with Crippen LogP contribution in [-0.4, -0.2) is 35.4 Å². The van der Waals surface area contributed by atoms with E-state index in [2.05, 4.69) is 5.32 Å². The van der Waals surface area contributed by atoms with Gasteiger partial charge in [0.1, 0.15) is 17.6 Å². The standard InChI is InChI=1S/C28H30ClFN2O3/c1-3-20(2)31-28(34)25(17-21-11-5-4-6-12-21)32(18-22-13-7-9-15-24(22)30)27(33)19-35-26-16-10-8-14-23(26)29/h4-16,20,25H,3,17-19H2,1-2H3,(H,31,34)/t20-,25-/m1/s1. The molecule has 0 aliphatic rings. The second-order valence-electron chi connectivity index (χ2n) is 8.36. The lowest BCUT2D eigenvalue weighted by Crippen LogP contribution is -2.53. The summed E-state index contributed by atoms with van der Waals surface area (Å²) in [6.45, 7) is 3.45. The van der Waals surface area contributed by atoms with Gasteiger partial charge in [0.05, 0.1) is 5.02 Å². The summed E-state index contributed by atoms with van der Waals surface area (Å²) in [7, 11) is 0. The van der Waals surface area contributed by atoms with Gasteiger partial charge in [0.25, 0.3) is 5.91 Å². The molecule has 0 spiro atoms. The Labute approximate surface area is 210 Å². The Morgan fingerprint density at radius 2 is 1.66 bits per heavy atom. The lowest BCUT2D eigenvalue weighted by molar-refractivity contribution is -0.143. The maximum Gasteiger partial charge on any atom is 0.261 e. The third-order valence-electron chi connectivity index (χ3n) is 5.76. The number of nitrogens with zero attached hydrogens (tertiary/aromatic N) is 1. The lowest BCUT2D eigenvalue weighted by atomic mass is 10.0. The largest absolute Gasteiger partial charge is 0.482 e. The van der Waals surface area contributed by atoms with E-state index in [4.69, 9.17) is 16.3 Å². The van der Waals surface area contributed by atoms with E-state index < -0.39 is 17.8 Å². The SMILES string of the molecule is CC[C@@H](C)NC(=O)[C@@H](Cc1ccccc1)N(Cc1ccccc1F)C(=O)COc1ccccc1Cl. The average molecular weight is 497 g/mol. The van der Waals surface area contributed by atoms with Gasteiger partial charge in [-0.25, -0.2) is 4.39 Å². The molecule has 3 aromatic carbocycles. The van der Waals surface area contributed by atoms with E-state index in [0.717, 1.165) is 12.0 Å². The average Bonchev–Trinajstić information content (AvgIpc) is 2.87. The third-order valence-corrected chi connectivity index (χ3v) is 6.07. The Morgan fingerprint density at radius 3 is 2.34 bits per heavy atom. The smallest absolute Gasteiger partial charge is 0.261 e. The van der Waals surface area contributed by atoms with Gasteiger partial charge in [-0.3, -0.25) is 9.59 Å². The molecule has 3 rings (SSSR count). The molecule has 7 heteroatoms. The molecule has 2 amide bonds. The van der Waals surface area contributed by atoms with Crippen LogP contribution in [0.2, 0.25) is 5.02 Å². The van der Waals surface area contributed by atoms with E-state index in [9.17, 15) is 14.0 Å². The number of amides is 2. The number of hydrogen-bond donors (Lipinski definition) is 1. The molecule has 0 heterocycles. The van der Waals surface area contributed by atoms with Crippen LogP contribution in [0.4, 0.5) is 4.39 Å². The van der Waals surface area contributed by atoms with Gasteiger partial charge in [0.2, 0.25) is 5.91 Å². The maximum atomic E-state index is 14.6. The van der Waals surface area contributed by atoms with Crippen molar-refractivity contribution in [3.8, 4) is 5.75 Å². The van der Waals surface area contributed by atoms with Crippen molar-refractivity contribution in [3.63, 3.8) is 0 Å². The molecular formula is C28H30ClFN2O3. The summed E-state index contributed by atoms with van der Waals surface area (Å²) in [4.78, 5) is 28.3. The fourth-order valence-corrected chi connectivity index (χ4v) is 3.78. The Morgan fingerprint density at radius 1 is 1.00 bits per heavy atom. The van der Waals surface area contributed by atoms with Crippen LogP contribution < -0.4 is 10.1 Å². The summed E-state index contributed by atoms with van der Waals surface area (Å²) in [5.74, 6) is -0.839. The number of halogens is 2. The van der Waals surface area contributed by atoms with E-state index in [1.165, 1.54) is 11.0 Å². The van der Waals surface area contributed by atoms with Crippen LogP contribution in [0.15, 0.2) is 78.9 Å². The fraction of sp³-hybridized carbons (Fsp3) is 0.286. The molecule has 0 saturated heterocycles. The van der Waals surface area contributed by atoms with Crippen LogP contribution in [0.3, 0.4) is 0 Å². The summed E-state index contributed by atoms with van der Waals surface area (Å²) in [6.07, 6.45) is 1.01. The van der Waals surface area contributed by atoms with Crippen LogP contribution >= 0.6 is 11.6 Å². The van der Waals surface area contributed by atoms with Crippen molar-refractivity contribution >= 4 is 23.4 Å². The lowest BCUT2D eigenvalue weighted by Gasteiger charge is -2.32. The monoisotopic (exact) mass is 496 g/mol. The molecule has 1 N–H and O–H groups in total. The van der Waals surface area contributed by atoms with Crippen LogP contribution in [0.5, 0.6) is 5.75 Å². The number of nitrogens with one attached hydrogen (secondary N) is 1. The number of carbonyl (C=O) groups is 2. The van der Waals surface area contributed by atoms with Crippen molar-refractivity contribution in [3.05, 3.63) is 101 Å². The zero-order chi connectivity index (χ0) is 25.2. The summed E-state index contributed by atoms with van der Waals surface area (Å²) < 4.78 is 20.3. The Kier molecular flexibility index (Phi) is 9.67. The number of ether oxygens (including phenoxy) is 1. The van der Waals surface area contributed by atoms with Crippen molar-refractivity contribution in [2.45, 2.75) is 45.3 Å². The highest BCUT2D eigenvalue weighted by Gasteiger charge is 2.31. The normalized spacial score (nSPS) is 12.5. The van der Waals surface area contributed by atoms with E-state index in [0.29, 0.717) is 16.3 Å². The molecule has 35 heavy (non-hydrogen) atoms. The molecule has 0 aromatic heterocycles. The molecule has 0 aliphatic carbocycles. The highest BCUT2D eigenvalue weighted by molar-refractivity contribution is 6.32. The predicted molar refractivity (Wildman–Crippen MR) is 136 cm³/mol. The van der Waals surface area contributed by atoms with Gasteiger partial charge >= 0.3 is 0 Å². The van der Waals surface area contributed by atoms with Crippen LogP contribution in [0, 0.1) is 5.82 Å². The van der Waals surface area contributed by atoms with Crippen LogP contribution in [-0.2, 0) is 22.6 Å². The minimum absolute atomic E-state index is 0.0782. The first kappa shape index (κ1) is 26.2. The Balaban J connectivity index is 1.93. The van der Waals surface area contributed by atoms with Gasteiger partial charge in [-0.2, -0.15) is 0 Å². The summed E-state index contributed by atoms with van der Waals surface area (Å²) in [5, 5.41) is 3.35. The first-order valence-corrected chi connectivity index (χ1v) is 12.0. The van der Waals surface area contributed by atoms with Crippen LogP contribution in [0.1, 0.15) is 31.4 Å². The van der Waals surface area contributed by atoms with Gasteiger partial charge in [0.15, 0.2) is 6.61 Å². The molecular weight excluding hydrogens is 467 g/mol. The summed E-state index contributed by atoms with van der Waals surface area (Å²) in [5.41, 5.74) is 1.20. The number of para-hydroxylation sites is 1. The second-order valence-corrected chi connectivity index (χ2v) is 8.76. The van der Waals surface area contributed by atoms with E-state index in [1.54, 1.807) is 42.5 Å². The second kappa shape index (κ2) is 12.9. The predicted octanol–water partition coefficient (Wildman–Crippen LogP) is 5.41. The van der Waals surface area contributed by atoms with Gasteiger partial charge in [-0.15, -0.1) is 0 Å². The van der Waals surface area contributed by atoms with Crippen molar-refractivity contribution in [2.24, 2.45) is 0 Å². The van der Waals surface area contributed by atoms with Gasteiger partial charge in [-0.1, -0.05) is 79.2 Å².